The lowest BCUT2D eigenvalue weighted by Gasteiger charge is -2.08. The van der Waals surface area contributed by atoms with Crippen LogP contribution in [0, 0.1) is 5.92 Å². The van der Waals surface area contributed by atoms with Gasteiger partial charge in [0.25, 0.3) is 0 Å². The van der Waals surface area contributed by atoms with Crippen molar-refractivity contribution in [3.8, 4) is 0 Å². The van der Waals surface area contributed by atoms with Crippen LogP contribution in [0.3, 0.4) is 0 Å². The van der Waals surface area contributed by atoms with Crippen molar-refractivity contribution in [2.45, 2.75) is 40.2 Å². The van der Waals surface area contributed by atoms with Gasteiger partial charge in [-0.15, -0.1) is 0 Å². The Morgan fingerprint density at radius 3 is 2.69 bits per heavy atom. The first-order valence-corrected chi connectivity index (χ1v) is 6.28. The number of benzene rings is 1. The molecule has 0 aliphatic rings. The van der Waals surface area contributed by atoms with Crippen LogP contribution in [0.4, 0.5) is 0 Å². The van der Waals surface area contributed by atoms with Gasteiger partial charge < -0.3 is 4.57 Å². The normalized spacial score (nSPS) is 11.5. The van der Waals surface area contributed by atoms with Crippen molar-refractivity contribution in [3.63, 3.8) is 0 Å². The van der Waals surface area contributed by atoms with E-state index >= 15 is 0 Å². The Kier molecular flexibility index (Phi) is 3.33. The van der Waals surface area contributed by atoms with E-state index in [0.717, 1.165) is 18.9 Å². The highest BCUT2D eigenvalue weighted by Crippen LogP contribution is 2.19. The summed E-state index contributed by atoms with van der Waals surface area (Å²) in [6.45, 7) is 7.89. The Labute approximate surface area is 98.1 Å². The molecule has 86 valence electrons. The Morgan fingerprint density at radius 1 is 1.19 bits per heavy atom. The van der Waals surface area contributed by atoms with Crippen molar-refractivity contribution in [1.29, 1.82) is 0 Å². The molecule has 0 fully saturated rings. The molecule has 0 saturated carbocycles. The van der Waals surface area contributed by atoms with Crippen molar-refractivity contribution in [3.05, 3.63) is 36.0 Å². The van der Waals surface area contributed by atoms with Gasteiger partial charge in [0.1, 0.15) is 0 Å². The van der Waals surface area contributed by atoms with Crippen LogP contribution in [0.2, 0.25) is 0 Å². The Morgan fingerprint density at radius 2 is 2.00 bits per heavy atom. The maximum Gasteiger partial charge on any atom is 0.0480 e. The summed E-state index contributed by atoms with van der Waals surface area (Å²) in [5, 5.41) is 1.38. The zero-order chi connectivity index (χ0) is 11.5. The fraction of sp³-hybridized carbons (Fsp3) is 0.467. The van der Waals surface area contributed by atoms with Crippen LogP contribution in [-0.2, 0) is 13.0 Å². The van der Waals surface area contributed by atoms with Gasteiger partial charge in [0, 0.05) is 18.3 Å². The zero-order valence-electron chi connectivity index (χ0n) is 10.5. The van der Waals surface area contributed by atoms with Gasteiger partial charge in [-0.2, -0.15) is 0 Å². The quantitative estimate of drug-likeness (QED) is 0.718. The topological polar surface area (TPSA) is 4.93 Å². The number of hydrogen-bond acceptors (Lipinski definition) is 0. The van der Waals surface area contributed by atoms with Crippen LogP contribution in [0.15, 0.2) is 30.5 Å². The summed E-state index contributed by atoms with van der Waals surface area (Å²) >= 11 is 0. The number of hydrogen-bond donors (Lipinski definition) is 0. The molecule has 0 atom stereocenters. The molecule has 0 amide bonds. The molecule has 1 nitrogen and oxygen atoms in total. The fourth-order valence-corrected chi connectivity index (χ4v) is 2.06. The van der Waals surface area contributed by atoms with Crippen LogP contribution < -0.4 is 0 Å². The second-order valence-electron chi connectivity index (χ2n) is 4.94. The Bertz CT molecular complexity index is 465. The fourth-order valence-electron chi connectivity index (χ4n) is 2.06. The van der Waals surface area contributed by atoms with E-state index in [1.807, 2.05) is 0 Å². The summed E-state index contributed by atoms with van der Waals surface area (Å²) in [4.78, 5) is 0. The van der Waals surface area contributed by atoms with Gasteiger partial charge in [0.05, 0.1) is 0 Å². The first kappa shape index (κ1) is 11.3. The molecule has 0 aliphatic heterocycles. The lowest BCUT2D eigenvalue weighted by molar-refractivity contribution is 0.524. The first-order chi connectivity index (χ1) is 7.70. The molecular weight excluding hydrogens is 194 g/mol. The van der Waals surface area contributed by atoms with Gasteiger partial charge in [0.15, 0.2) is 0 Å². The molecule has 0 aliphatic carbocycles. The van der Waals surface area contributed by atoms with E-state index in [1.54, 1.807) is 0 Å². The van der Waals surface area contributed by atoms with Crippen LogP contribution in [-0.4, -0.2) is 4.57 Å². The van der Waals surface area contributed by atoms with Crippen LogP contribution in [0.25, 0.3) is 10.9 Å². The van der Waals surface area contributed by atoms with Crippen molar-refractivity contribution in [1.82, 2.24) is 4.57 Å². The third-order valence-corrected chi connectivity index (χ3v) is 3.19. The molecule has 1 heterocycles. The van der Waals surface area contributed by atoms with Gasteiger partial charge in [-0.3, -0.25) is 0 Å². The van der Waals surface area contributed by atoms with Gasteiger partial charge in [-0.25, -0.2) is 0 Å². The van der Waals surface area contributed by atoms with Crippen LogP contribution in [0.1, 0.15) is 32.8 Å². The van der Waals surface area contributed by atoms with Crippen molar-refractivity contribution in [2.75, 3.05) is 0 Å². The molecule has 0 N–H and O–H groups in total. The Balaban J connectivity index is 2.27. The highest BCUT2D eigenvalue weighted by molar-refractivity contribution is 5.80. The zero-order valence-corrected chi connectivity index (χ0v) is 10.5. The number of rotatable bonds is 4. The molecule has 0 radical (unpaired) electrons. The number of fused-ring (bicyclic) bond motifs is 1. The second-order valence-corrected chi connectivity index (χ2v) is 4.94. The van der Waals surface area contributed by atoms with Crippen molar-refractivity contribution >= 4 is 10.9 Å². The van der Waals surface area contributed by atoms with E-state index in [9.17, 15) is 0 Å². The molecule has 2 aromatic rings. The molecule has 0 unspecified atom stereocenters. The standard InChI is InChI=1S/C15H21N/c1-4-13-5-6-15-14(11-13)8-10-16(15)9-7-12(2)3/h5-6,8,10-12H,4,7,9H2,1-3H3. The molecule has 1 aromatic carbocycles. The van der Waals surface area contributed by atoms with Crippen LogP contribution in [0.5, 0.6) is 0 Å². The summed E-state index contributed by atoms with van der Waals surface area (Å²) in [5.41, 5.74) is 2.80. The summed E-state index contributed by atoms with van der Waals surface area (Å²) in [5.74, 6) is 0.771. The lowest BCUT2D eigenvalue weighted by atomic mass is 10.1. The molecule has 1 aromatic heterocycles. The molecule has 0 spiro atoms. The number of nitrogens with zero attached hydrogens (tertiary/aromatic N) is 1. The van der Waals surface area contributed by atoms with Crippen LogP contribution >= 0.6 is 0 Å². The molecular formula is C15H21N. The monoisotopic (exact) mass is 215 g/mol. The third kappa shape index (κ3) is 2.29. The molecule has 0 bridgehead atoms. The van der Waals surface area contributed by atoms with E-state index in [2.05, 4.69) is 55.8 Å². The van der Waals surface area contributed by atoms with Gasteiger partial charge in [-0.1, -0.05) is 26.8 Å². The molecule has 16 heavy (non-hydrogen) atoms. The van der Waals surface area contributed by atoms with Crippen molar-refractivity contribution < 1.29 is 0 Å². The number of aryl methyl sites for hydroxylation is 2. The summed E-state index contributed by atoms with van der Waals surface area (Å²) in [7, 11) is 0. The van der Waals surface area contributed by atoms with Gasteiger partial charge in [0.2, 0.25) is 0 Å². The molecule has 2 rings (SSSR count). The average molecular weight is 215 g/mol. The van der Waals surface area contributed by atoms with Gasteiger partial charge >= 0.3 is 0 Å². The van der Waals surface area contributed by atoms with Crippen molar-refractivity contribution in [2.24, 2.45) is 5.92 Å². The number of aromatic nitrogens is 1. The highest BCUT2D eigenvalue weighted by Gasteiger charge is 2.02. The second kappa shape index (κ2) is 4.73. The highest BCUT2D eigenvalue weighted by atomic mass is 14.9. The Hall–Kier alpha value is -1.24. The van der Waals surface area contributed by atoms with Gasteiger partial charge in [-0.05, 0) is 47.9 Å². The molecule has 1 heteroatoms. The molecule has 0 saturated heterocycles. The summed E-state index contributed by atoms with van der Waals surface area (Å²) < 4.78 is 2.37. The third-order valence-electron chi connectivity index (χ3n) is 3.19. The predicted molar refractivity (Wildman–Crippen MR) is 70.8 cm³/mol. The maximum atomic E-state index is 2.37. The smallest absolute Gasteiger partial charge is 0.0480 e. The SMILES string of the molecule is CCc1ccc2c(ccn2CCC(C)C)c1. The van der Waals surface area contributed by atoms with E-state index < -0.39 is 0 Å². The summed E-state index contributed by atoms with van der Waals surface area (Å²) in [6, 6.07) is 9.04. The largest absolute Gasteiger partial charge is 0.347 e. The minimum Gasteiger partial charge on any atom is -0.347 e. The van der Waals surface area contributed by atoms with E-state index in [0.29, 0.717) is 0 Å². The van der Waals surface area contributed by atoms with E-state index in [1.165, 1.54) is 22.9 Å². The van der Waals surface area contributed by atoms with E-state index in [-0.39, 0.29) is 0 Å². The minimum atomic E-state index is 0.771. The first-order valence-electron chi connectivity index (χ1n) is 6.28. The minimum absolute atomic E-state index is 0.771. The van der Waals surface area contributed by atoms with E-state index in [4.69, 9.17) is 0 Å². The average Bonchev–Trinajstić information content (AvgIpc) is 2.68. The summed E-state index contributed by atoms with van der Waals surface area (Å²) in [6.07, 6.45) is 4.58. The predicted octanol–water partition coefficient (Wildman–Crippen LogP) is 4.25. The lowest BCUT2D eigenvalue weighted by Crippen LogP contribution is -1.99. The maximum absolute atomic E-state index is 2.37.